The van der Waals surface area contributed by atoms with Gasteiger partial charge in [0.25, 0.3) is 5.91 Å². The molecule has 0 aliphatic rings. The summed E-state index contributed by atoms with van der Waals surface area (Å²) in [5, 5.41) is 7.17. The third-order valence-electron chi connectivity index (χ3n) is 4.54. The van der Waals surface area contributed by atoms with E-state index in [0.29, 0.717) is 17.1 Å². The molecular weight excluding hydrogens is 348 g/mol. The summed E-state index contributed by atoms with van der Waals surface area (Å²) in [5.74, 6) is 0.415. The molecule has 2 aromatic carbocycles. The average Bonchev–Trinajstić information content (AvgIpc) is 2.75. The lowest BCUT2D eigenvalue weighted by molar-refractivity contribution is 0.102. The van der Waals surface area contributed by atoms with Crippen LogP contribution < -0.4 is 10.6 Å². The molecule has 4 rings (SSSR count). The van der Waals surface area contributed by atoms with Crippen LogP contribution in [0.5, 0.6) is 0 Å². The third-order valence-corrected chi connectivity index (χ3v) is 4.54. The van der Waals surface area contributed by atoms with Gasteiger partial charge in [-0.25, -0.2) is 4.98 Å². The topological polar surface area (TPSA) is 66.9 Å². The van der Waals surface area contributed by atoms with E-state index in [0.717, 1.165) is 23.0 Å². The molecule has 5 heteroatoms. The molecule has 0 spiro atoms. The van der Waals surface area contributed by atoms with Gasteiger partial charge in [0, 0.05) is 29.0 Å². The van der Waals surface area contributed by atoms with Gasteiger partial charge >= 0.3 is 0 Å². The largest absolute Gasteiger partial charge is 0.340 e. The monoisotopic (exact) mass is 368 g/mol. The molecule has 2 aromatic heterocycles. The Hall–Kier alpha value is -3.73. The zero-order valence-corrected chi connectivity index (χ0v) is 15.5. The van der Waals surface area contributed by atoms with Crippen LogP contribution in [0.1, 0.15) is 22.8 Å². The normalized spacial score (nSPS) is 10.6. The fourth-order valence-corrected chi connectivity index (χ4v) is 3.01. The summed E-state index contributed by atoms with van der Waals surface area (Å²) in [5.41, 5.74) is 4.18. The van der Waals surface area contributed by atoms with Crippen molar-refractivity contribution in [1.82, 2.24) is 9.97 Å². The van der Waals surface area contributed by atoms with Crippen molar-refractivity contribution in [3.05, 3.63) is 90.3 Å². The molecule has 0 atom stereocenters. The Bertz CT molecular complexity index is 1120. The van der Waals surface area contributed by atoms with E-state index in [-0.39, 0.29) is 5.91 Å². The summed E-state index contributed by atoms with van der Waals surface area (Å²) in [6.07, 6.45) is 4.34. The second kappa shape index (κ2) is 7.88. The summed E-state index contributed by atoms with van der Waals surface area (Å²) < 4.78 is 0. The summed E-state index contributed by atoms with van der Waals surface area (Å²) >= 11 is 0. The minimum Gasteiger partial charge on any atom is -0.340 e. The predicted octanol–water partition coefficient (Wildman–Crippen LogP) is 5.19. The Morgan fingerprint density at radius 3 is 2.57 bits per heavy atom. The van der Waals surface area contributed by atoms with Crippen molar-refractivity contribution in [1.29, 1.82) is 0 Å². The SMILES string of the molecule is CCc1ccc(Nc2cc(C(=O)Nc3cccc4cccnc34)ccn2)cc1. The van der Waals surface area contributed by atoms with Crippen LogP contribution in [0.2, 0.25) is 0 Å². The van der Waals surface area contributed by atoms with E-state index in [4.69, 9.17) is 0 Å². The first kappa shape index (κ1) is 17.7. The summed E-state index contributed by atoms with van der Waals surface area (Å²) in [6.45, 7) is 2.12. The molecule has 0 fully saturated rings. The number of rotatable bonds is 5. The van der Waals surface area contributed by atoms with E-state index in [1.165, 1.54) is 5.56 Å². The molecule has 5 nitrogen and oxygen atoms in total. The van der Waals surface area contributed by atoms with Gasteiger partial charge in [0.1, 0.15) is 5.82 Å². The molecule has 0 bridgehead atoms. The molecule has 1 amide bonds. The van der Waals surface area contributed by atoms with E-state index >= 15 is 0 Å². The number of carbonyl (C=O) groups is 1. The standard InChI is InChI=1S/C23H20N4O/c1-2-16-8-10-19(11-9-16)26-21-15-18(12-14-24-21)23(28)27-20-7-3-5-17-6-4-13-25-22(17)20/h3-15H,2H2,1H3,(H,24,26)(H,27,28). The molecular formula is C23H20N4O. The van der Waals surface area contributed by atoms with E-state index in [1.54, 1.807) is 24.5 Å². The Morgan fingerprint density at radius 1 is 0.929 bits per heavy atom. The van der Waals surface area contributed by atoms with E-state index in [2.05, 4.69) is 39.7 Å². The molecule has 0 aliphatic carbocycles. The van der Waals surface area contributed by atoms with Crippen LogP contribution in [0.3, 0.4) is 0 Å². The summed E-state index contributed by atoms with van der Waals surface area (Å²) in [7, 11) is 0. The fraction of sp³-hybridized carbons (Fsp3) is 0.0870. The number of hydrogen-bond acceptors (Lipinski definition) is 4. The summed E-state index contributed by atoms with van der Waals surface area (Å²) in [6, 6.07) is 21.2. The van der Waals surface area contributed by atoms with Crippen molar-refractivity contribution < 1.29 is 4.79 Å². The van der Waals surface area contributed by atoms with Gasteiger partial charge in [0.15, 0.2) is 0 Å². The Balaban J connectivity index is 1.54. The first-order valence-electron chi connectivity index (χ1n) is 9.20. The van der Waals surface area contributed by atoms with Crippen molar-refractivity contribution in [2.24, 2.45) is 0 Å². The van der Waals surface area contributed by atoms with Crippen LogP contribution in [0.4, 0.5) is 17.2 Å². The Kier molecular flexibility index (Phi) is 4.97. The molecule has 0 saturated carbocycles. The first-order valence-corrected chi connectivity index (χ1v) is 9.20. The molecule has 138 valence electrons. The maximum absolute atomic E-state index is 12.8. The Labute approximate surface area is 163 Å². The number of nitrogens with zero attached hydrogens (tertiary/aromatic N) is 2. The predicted molar refractivity (Wildman–Crippen MR) is 113 cm³/mol. The fourth-order valence-electron chi connectivity index (χ4n) is 3.01. The van der Waals surface area contributed by atoms with Crippen LogP contribution >= 0.6 is 0 Å². The molecule has 2 N–H and O–H groups in total. The molecule has 2 heterocycles. The minimum atomic E-state index is -0.204. The van der Waals surface area contributed by atoms with Gasteiger partial charge in [-0.2, -0.15) is 0 Å². The minimum absolute atomic E-state index is 0.204. The highest BCUT2D eigenvalue weighted by molar-refractivity contribution is 6.08. The number of para-hydroxylation sites is 1. The van der Waals surface area contributed by atoms with Gasteiger partial charge in [-0.05, 0) is 48.4 Å². The Morgan fingerprint density at radius 2 is 1.75 bits per heavy atom. The molecule has 0 unspecified atom stereocenters. The lowest BCUT2D eigenvalue weighted by atomic mass is 10.1. The van der Waals surface area contributed by atoms with Crippen molar-refractivity contribution in [2.45, 2.75) is 13.3 Å². The van der Waals surface area contributed by atoms with E-state index in [9.17, 15) is 4.79 Å². The highest BCUT2D eigenvalue weighted by Gasteiger charge is 2.10. The molecule has 0 radical (unpaired) electrons. The second-order valence-electron chi connectivity index (χ2n) is 6.44. The number of hydrogen-bond donors (Lipinski definition) is 2. The number of amides is 1. The lowest BCUT2D eigenvalue weighted by Gasteiger charge is -2.10. The third kappa shape index (κ3) is 3.83. The molecule has 4 aromatic rings. The van der Waals surface area contributed by atoms with E-state index in [1.807, 2.05) is 42.5 Å². The smallest absolute Gasteiger partial charge is 0.255 e. The number of fused-ring (bicyclic) bond motifs is 1. The van der Waals surface area contributed by atoms with Gasteiger partial charge in [-0.15, -0.1) is 0 Å². The van der Waals surface area contributed by atoms with Crippen LogP contribution in [-0.2, 0) is 6.42 Å². The highest BCUT2D eigenvalue weighted by atomic mass is 16.1. The number of nitrogens with one attached hydrogen (secondary N) is 2. The van der Waals surface area contributed by atoms with Crippen LogP contribution in [-0.4, -0.2) is 15.9 Å². The van der Waals surface area contributed by atoms with Crippen LogP contribution in [0, 0.1) is 0 Å². The first-order chi connectivity index (χ1) is 13.7. The maximum Gasteiger partial charge on any atom is 0.255 e. The lowest BCUT2D eigenvalue weighted by Crippen LogP contribution is -2.13. The number of aromatic nitrogens is 2. The van der Waals surface area contributed by atoms with Crippen molar-refractivity contribution >= 4 is 34.0 Å². The van der Waals surface area contributed by atoms with E-state index < -0.39 is 0 Å². The van der Waals surface area contributed by atoms with Crippen LogP contribution in [0.25, 0.3) is 10.9 Å². The van der Waals surface area contributed by atoms with Crippen molar-refractivity contribution in [3.8, 4) is 0 Å². The average molecular weight is 368 g/mol. The quantitative estimate of drug-likeness (QED) is 0.509. The number of anilines is 3. The zero-order valence-electron chi connectivity index (χ0n) is 15.5. The number of aryl methyl sites for hydroxylation is 1. The molecule has 28 heavy (non-hydrogen) atoms. The highest BCUT2D eigenvalue weighted by Crippen LogP contribution is 2.22. The molecule has 0 aliphatic heterocycles. The van der Waals surface area contributed by atoms with Gasteiger partial charge in [-0.3, -0.25) is 9.78 Å². The van der Waals surface area contributed by atoms with Gasteiger partial charge in [0.2, 0.25) is 0 Å². The second-order valence-corrected chi connectivity index (χ2v) is 6.44. The zero-order chi connectivity index (χ0) is 19.3. The van der Waals surface area contributed by atoms with Crippen LogP contribution in [0.15, 0.2) is 79.1 Å². The molecule has 0 saturated heterocycles. The van der Waals surface area contributed by atoms with Crippen molar-refractivity contribution in [3.63, 3.8) is 0 Å². The number of pyridine rings is 2. The maximum atomic E-state index is 12.8. The number of carbonyl (C=O) groups excluding carboxylic acids is 1. The van der Waals surface area contributed by atoms with Gasteiger partial charge < -0.3 is 10.6 Å². The van der Waals surface area contributed by atoms with Gasteiger partial charge in [-0.1, -0.05) is 37.3 Å². The number of benzene rings is 2. The van der Waals surface area contributed by atoms with Gasteiger partial charge in [0.05, 0.1) is 11.2 Å². The van der Waals surface area contributed by atoms with Crippen molar-refractivity contribution in [2.75, 3.05) is 10.6 Å². The summed E-state index contributed by atoms with van der Waals surface area (Å²) in [4.78, 5) is 21.4.